The van der Waals surface area contributed by atoms with Crippen LogP contribution in [0.4, 0.5) is 5.69 Å². The minimum atomic E-state index is -0.845. The average Bonchev–Trinajstić information content (AvgIpc) is 2.26. The quantitative estimate of drug-likeness (QED) is 0.591. The van der Waals surface area contributed by atoms with E-state index in [2.05, 4.69) is 0 Å². The molecule has 0 fully saturated rings. The Morgan fingerprint density at radius 3 is 2.62 bits per heavy atom. The van der Waals surface area contributed by atoms with Crippen LogP contribution in [0.3, 0.4) is 0 Å². The average molecular weight is 221 g/mol. The number of nitro benzene ring substituents is 1. The van der Waals surface area contributed by atoms with Crippen LogP contribution < -0.4 is 10.5 Å². The van der Waals surface area contributed by atoms with Crippen LogP contribution in [0, 0.1) is 21.4 Å². The zero-order valence-electron chi connectivity index (χ0n) is 8.26. The van der Waals surface area contributed by atoms with Crippen LogP contribution in [-0.2, 0) is 0 Å². The van der Waals surface area contributed by atoms with Crippen molar-refractivity contribution < 1.29 is 14.5 Å². The number of ether oxygens (including phenoxy) is 1. The monoisotopic (exact) mass is 221 g/mol. The van der Waals surface area contributed by atoms with E-state index in [9.17, 15) is 14.9 Å². The van der Waals surface area contributed by atoms with Crippen molar-refractivity contribution in [2.75, 3.05) is 7.11 Å². The molecule has 0 bridgehead atoms. The van der Waals surface area contributed by atoms with Gasteiger partial charge >= 0.3 is 5.69 Å². The number of hydrogen-bond acceptors (Lipinski definition) is 5. The number of nitriles is 1. The van der Waals surface area contributed by atoms with E-state index in [4.69, 9.17) is 15.7 Å². The van der Waals surface area contributed by atoms with Crippen molar-refractivity contribution in [3.63, 3.8) is 0 Å². The fourth-order valence-electron chi connectivity index (χ4n) is 1.19. The zero-order valence-corrected chi connectivity index (χ0v) is 8.26. The van der Waals surface area contributed by atoms with Gasteiger partial charge in [-0.3, -0.25) is 14.9 Å². The molecular weight excluding hydrogens is 214 g/mol. The van der Waals surface area contributed by atoms with Gasteiger partial charge in [0.25, 0.3) is 0 Å². The maximum atomic E-state index is 10.9. The molecule has 0 atom stereocenters. The van der Waals surface area contributed by atoms with Crippen LogP contribution in [0.15, 0.2) is 12.1 Å². The summed E-state index contributed by atoms with van der Waals surface area (Å²) in [4.78, 5) is 20.8. The van der Waals surface area contributed by atoms with Crippen molar-refractivity contribution in [2.24, 2.45) is 5.73 Å². The highest BCUT2D eigenvalue weighted by Gasteiger charge is 2.22. The van der Waals surface area contributed by atoms with Crippen LogP contribution in [0.5, 0.6) is 5.75 Å². The molecule has 0 unspecified atom stereocenters. The first-order chi connectivity index (χ1) is 7.51. The molecule has 7 nitrogen and oxygen atoms in total. The van der Waals surface area contributed by atoms with Gasteiger partial charge in [0.1, 0.15) is 11.6 Å². The first-order valence-electron chi connectivity index (χ1n) is 4.07. The zero-order chi connectivity index (χ0) is 12.3. The summed E-state index contributed by atoms with van der Waals surface area (Å²) in [5.41, 5.74) is 4.31. The fourth-order valence-corrected chi connectivity index (χ4v) is 1.19. The second-order valence-electron chi connectivity index (χ2n) is 2.81. The van der Waals surface area contributed by atoms with E-state index >= 15 is 0 Å². The fraction of sp³-hybridized carbons (Fsp3) is 0.111. The molecule has 0 heterocycles. The van der Waals surface area contributed by atoms with Crippen molar-refractivity contribution in [3.05, 3.63) is 33.4 Å². The van der Waals surface area contributed by atoms with Crippen molar-refractivity contribution in [2.45, 2.75) is 0 Å². The summed E-state index contributed by atoms with van der Waals surface area (Å²) >= 11 is 0. The van der Waals surface area contributed by atoms with Gasteiger partial charge in [0.2, 0.25) is 11.7 Å². The number of nitrogens with two attached hydrogens (primary N) is 1. The Kier molecular flexibility index (Phi) is 3.06. The van der Waals surface area contributed by atoms with Gasteiger partial charge in [-0.05, 0) is 6.07 Å². The minimum Gasteiger partial charge on any atom is -0.489 e. The number of rotatable bonds is 3. The summed E-state index contributed by atoms with van der Waals surface area (Å²) in [6, 6.07) is 3.82. The lowest BCUT2D eigenvalue weighted by Gasteiger charge is -2.05. The summed E-state index contributed by atoms with van der Waals surface area (Å²) in [6.07, 6.45) is 0. The van der Waals surface area contributed by atoms with Gasteiger partial charge in [0.15, 0.2) is 0 Å². The van der Waals surface area contributed by atoms with Crippen LogP contribution in [0.2, 0.25) is 0 Å². The molecule has 0 saturated carbocycles. The van der Waals surface area contributed by atoms with E-state index in [1.807, 2.05) is 0 Å². The smallest absolute Gasteiger partial charge is 0.313 e. The summed E-state index contributed by atoms with van der Waals surface area (Å²) in [5, 5.41) is 19.4. The Morgan fingerprint density at radius 1 is 1.62 bits per heavy atom. The minimum absolute atomic E-state index is 0.106. The summed E-state index contributed by atoms with van der Waals surface area (Å²) in [7, 11) is 1.20. The third-order valence-corrected chi connectivity index (χ3v) is 1.88. The highest BCUT2D eigenvalue weighted by Crippen LogP contribution is 2.31. The summed E-state index contributed by atoms with van der Waals surface area (Å²) in [5.74, 6) is -1.03. The van der Waals surface area contributed by atoms with E-state index in [-0.39, 0.29) is 16.9 Å². The van der Waals surface area contributed by atoms with E-state index < -0.39 is 16.5 Å². The molecule has 0 saturated heterocycles. The molecule has 0 aliphatic rings. The van der Waals surface area contributed by atoms with E-state index in [1.54, 1.807) is 6.07 Å². The number of hydrogen-bond donors (Lipinski definition) is 1. The van der Waals surface area contributed by atoms with E-state index in [1.165, 1.54) is 7.11 Å². The van der Waals surface area contributed by atoms with Crippen molar-refractivity contribution in [1.82, 2.24) is 0 Å². The SMILES string of the molecule is COc1c(C#N)cc(C(N)=O)cc1[N+](=O)[O-]. The molecule has 2 N–H and O–H groups in total. The van der Waals surface area contributed by atoms with Crippen molar-refractivity contribution >= 4 is 11.6 Å². The predicted molar refractivity (Wildman–Crippen MR) is 52.9 cm³/mol. The molecule has 0 aliphatic heterocycles. The molecule has 1 rings (SSSR count). The highest BCUT2D eigenvalue weighted by molar-refractivity contribution is 5.94. The lowest BCUT2D eigenvalue weighted by atomic mass is 10.1. The molecule has 0 radical (unpaired) electrons. The number of carbonyl (C=O) groups is 1. The second-order valence-corrected chi connectivity index (χ2v) is 2.81. The molecule has 7 heteroatoms. The van der Waals surface area contributed by atoms with E-state index in [0.717, 1.165) is 12.1 Å². The number of primary amides is 1. The second kappa shape index (κ2) is 4.27. The number of nitro groups is 1. The lowest BCUT2D eigenvalue weighted by Crippen LogP contribution is -2.12. The van der Waals surface area contributed by atoms with Gasteiger partial charge in [0.05, 0.1) is 12.0 Å². The van der Waals surface area contributed by atoms with Crippen molar-refractivity contribution in [1.29, 1.82) is 5.26 Å². The van der Waals surface area contributed by atoms with Crippen LogP contribution in [0.1, 0.15) is 15.9 Å². The topological polar surface area (TPSA) is 119 Å². The maximum absolute atomic E-state index is 10.9. The molecule has 1 aromatic carbocycles. The Morgan fingerprint density at radius 2 is 2.25 bits per heavy atom. The number of benzene rings is 1. The number of nitrogens with zero attached hydrogens (tertiary/aromatic N) is 2. The highest BCUT2D eigenvalue weighted by atomic mass is 16.6. The molecule has 0 aliphatic carbocycles. The molecule has 82 valence electrons. The number of amides is 1. The standard InChI is InChI=1S/C9H7N3O4/c1-16-8-6(4-10)2-5(9(11)13)3-7(8)12(14)15/h2-3H,1H3,(H2,11,13). The Labute approximate surface area is 90.2 Å². The third kappa shape index (κ3) is 1.90. The summed E-state index contributed by atoms with van der Waals surface area (Å²) in [6.45, 7) is 0. The van der Waals surface area contributed by atoms with Gasteiger partial charge in [-0.15, -0.1) is 0 Å². The molecule has 1 aromatic rings. The first kappa shape index (κ1) is 11.5. The Hall–Kier alpha value is -2.62. The van der Waals surface area contributed by atoms with Gasteiger partial charge in [-0.1, -0.05) is 0 Å². The van der Waals surface area contributed by atoms with Crippen LogP contribution >= 0.6 is 0 Å². The molecule has 0 spiro atoms. The first-order valence-corrected chi connectivity index (χ1v) is 4.07. The Bertz CT molecular complexity index is 504. The van der Waals surface area contributed by atoms with Gasteiger partial charge in [-0.2, -0.15) is 5.26 Å². The molecule has 16 heavy (non-hydrogen) atoms. The largest absolute Gasteiger partial charge is 0.489 e. The van der Waals surface area contributed by atoms with Gasteiger partial charge in [0, 0.05) is 11.6 Å². The van der Waals surface area contributed by atoms with Gasteiger partial charge < -0.3 is 10.5 Å². The van der Waals surface area contributed by atoms with Gasteiger partial charge in [-0.25, -0.2) is 0 Å². The maximum Gasteiger partial charge on any atom is 0.313 e. The number of methoxy groups -OCH3 is 1. The number of carbonyl (C=O) groups excluding carboxylic acids is 1. The molecule has 0 aromatic heterocycles. The lowest BCUT2D eigenvalue weighted by molar-refractivity contribution is -0.385. The van der Waals surface area contributed by atoms with E-state index in [0.29, 0.717) is 0 Å². The third-order valence-electron chi connectivity index (χ3n) is 1.88. The summed E-state index contributed by atoms with van der Waals surface area (Å²) < 4.78 is 4.75. The normalized spacial score (nSPS) is 9.25. The van der Waals surface area contributed by atoms with Crippen LogP contribution in [0.25, 0.3) is 0 Å². The van der Waals surface area contributed by atoms with Crippen LogP contribution in [-0.4, -0.2) is 17.9 Å². The molecular formula is C9H7N3O4. The predicted octanol–water partition coefficient (Wildman–Crippen LogP) is 0.574. The Balaban J connectivity index is 3.57. The molecule has 1 amide bonds. The van der Waals surface area contributed by atoms with Crippen molar-refractivity contribution in [3.8, 4) is 11.8 Å².